The van der Waals surface area contributed by atoms with Gasteiger partial charge in [0, 0.05) is 10.8 Å². The van der Waals surface area contributed by atoms with Crippen LogP contribution >= 0.6 is 0 Å². The van der Waals surface area contributed by atoms with Gasteiger partial charge in [0.15, 0.2) is 0 Å². The molecule has 24 heavy (non-hydrogen) atoms. The Labute approximate surface area is 143 Å². The summed E-state index contributed by atoms with van der Waals surface area (Å²) in [6.45, 7) is 7.27. The lowest BCUT2D eigenvalue weighted by Crippen LogP contribution is -2.07. The molecule has 0 heterocycles. The highest BCUT2D eigenvalue weighted by atomic mass is 16.5. The molecular weight excluding hydrogens is 304 g/mol. The van der Waals surface area contributed by atoms with E-state index in [1.807, 2.05) is 25.1 Å². The average Bonchev–Trinajstić information content (AvgIpc) is 2.56. The number of aryl methyl sites for hydroxylation is 1. The summed E-state index contributed by atoms with van der Waals surface area (Å²) in [7, 11) is 0. The Morgan fingerprint density at radius 3 is 2.29 bits per heavy atom. The van der Waals surface area contributed by atoms with E-state index in [9.17, 15) is 9.90 Å². The molecule has 0 aromatic heterocycles. The van der Waals surface area contributed by atoms with Gasteiger partial charge in [0.25, 0.3) is 0 Å². The summed E-state index contributed by atoms with van der Waals surface area (Å²) in [6.07, 6.45) is 3.85. The predicted octanol–water partition coefficient (Wildman–Crippen LogP) is 5.20. The fourth-order valence-electron chi connectivity index (χ4n) is 2.56. The minimum absolute atomic E-state index is 0.161. The number of unbranched alkanes of at least 4 members (excludes halogenated alkanes) is 2. The summed E-state index contributed by atoms with van der Waals surface area (Å²) < 4.78 is 11.7. The second-order valence-electron chi connectivity index (χ2n) is 6.01. The van der Waals surface area contributed by atoms with Crippen molar-refractivity contribution in [3.8, 4) is 11.5 Å². The number of ether oxygens (including phenoxy) is 2. The van der Waals surface area contributed by atoms with Crippen LogP contribution in [0.5, 0.6) is 11.5 Å². The van der Waals surface area contributed by atoms with Gasteiger partial charge in [-0.15, -0.1) is 0 Å². The van der Waals surface area contributed by atoms with Crippen molar-refractivity contribution in [3.63, 3.8) is 0 Å². The molecular formula is C20H26O4. The van der Waals surface area contributed by atoms with Crippen LogP contribution in [0.25, 0.3) is 10.8 Å². The van der Waals surface area contributed by atoms with Crippen molar-refractivity contribution in [2.75, 3.05) is 13.2 Å². The van der Waals surface area contributed by atoms with E-state index >= 15 is 0 Å². The van der Waals surface area contributed by atoms with Crippen molar-refractivity contribution in [2.45, 2.75) is 46.5 Å². The van der Waals surface area contributed by atoms with Crippen LogP contribution in [0.15, 0.2) is 24.3 Å². The number of carboxylic acids is 1. The normalized spacial score (nSPS) is 10.8. The first-order valence-corrected chi connectivity index (χ1v) is 8.64. The van der Waals surface area contributed by atoms with E-state index < -0.39 is 5.97 Å². The van der Waals surface area contributed by atoms with Gasteiger partial charge in [-0.3, -0.25) is 0 Å². The number of carboxylic acid groups (broad SMARTS) is 1. The van der Waals surface area contributed by atoms with Crippen molar-refractivity contribution in [2.24, 2.45) is 0 Å². The minimum Gasteiger partial charge on any atom is -0.493 e. The van der Waals surface area contributed by atoms with Crippen molar-refractivity contribution >= 4 is 16.7 Å². The van der Waals surface area contributed by atoms with Crippen LogP contribution in [-0.2, 0) is 0 Å². The predicted molar refractivity (Wildman–Crippen MR) is 96.5 cm³/mol. The van der Waals surface area contributed by atoms with E-state index in [0.29, 0.717) is 24.7 Å². The maximum atomic E-state index is 11.7. The summed E-state index contributed by atoms with van der Waals surface area (Å²) in [5.74, 6) is 0.0560. The average molecular weight is 330 g/mol. The quantitative estimate of drug-likeness (QED) is 0.642. The lowest BCUT2D eigenvalue weighted by Gasteiger charge is -2.16. The standard InChI is InChI=1S/C20H26O4/c1-4-6-10-23-18-13-17(20(21)22)19(24-11-7-5-2)15-9-8-14(3)12-16(15)18/h8-9,12-13H,4-7,10-11H2,1-3H3,(H,21,22). The zero-order valence-corrected chi connectivity index (χ0v) is 14.7. The summed E-state index contributed by atoms with van der Waals surface area (Å²) in [4.78, 5) is 11.7. The van der Waals surface area contributed by atoms with E-state index in [0.717, 1.165) is 42.0 Å². The monoisotopic (exact) mass is 330 g/mol. The molecule has 0 bridgehead atoms. The van der Waals surface area contributed by atoms with Crippen LogP contribution in [-0.4, -0.2) is 24.3 Å². The molecule has 4 heteroatoms. The number of rotatable bonds is 9. The van der Waals surface area contributed by atoms with Crippen LogP contribution < -0.4 is 9.47 Å². The molecule has 0 atom stereocenters. The van der Waals surface area contributed by atoms with Crippen LogP contribution in [0, 0.1) is 6.92 Å². The third-order valence-electron chi connectivity index (χ3n) is 3.94. The van der Waals surface area contributed by atoms with Crippen molar-refractivity contribution in [3.05, 3.63) is 35.4 Å². The van der Waals surface area contributed by atoms with Crippen LogP contribution in [0.4, 0.5) is 0 Å². The van der Waals surface area contributed by atoms with Crippen molar-refractivity contribution in [1.29, 1.82) is 0 Å². The van der Waals surface area contributed by atoms with Gasteiger partial charge in [-0.25, -0.2) is 4.79 Å². The van der Waals surface area contributed by atoms with Crippen LogP contribution in [0.2, 0.25) is 0 Å². The Hall–Kier alpha value is -2.23. The number of carbonyl (C=O) groups is 1. The molecule has 0 aliphatic heterocycles. The zero-order chi connectivity index (χ0) is 17.5. The largest absolute Gasteiger partial charge is 0.493 e. The maximum Gasteiger partial charge on any atom is 0.339 e. The van der Waals surface area contributed by atoms with Gasteiger partial charge in [0.1, 0.15) is 17.1 Å². The topological polar surface area (TPSA) is 55.8 Å². The highest BCUT2D eigenvalue weighted by molar-refractivity contribution is 6.03. The van der Waals surface area contributed by atoms with Gasteiger partial charge in [0.05, 0.1) is 13.2 Å². The van der Waals surface area contributed by atoms with Gasteiger partial charge >= 0.3 is 5.97 Å². The molecule has 0 saturated heterocycles. The Bertz CT molecular complexity index is 706. The van der Waals surface area contributed by atoms with E-state index in [4.69, 9.17) is 9.47 Å². The molecule has 0 aliphatic carbocycles. The van der Waals surface area contributed by atoms with E-state index in [-0.39, 0.29) is 5.56 Å². The molecule has 2 aromatic rings. The Morgan fingerprint density at radius 1 is 1.00 bits per heavy atom. The Balaban J connectivity index is 2.54. The lowest BCUT2D eigenvalue weighted by molar-refractivity contribution is 0.0692. The summed E-state index contributed by atoms with van der Waals surface area (Å²) in [6, 6.07) is 7.51. The molecule has 0 saturated carbocycles. The molecule has 1 N–H and O–H groups in total. The lowest BCUT2D eigenvalue weighted by atomic mass is 10.0. The first-order chi connectivity index (χ1) is 11.6. The van der Waals surface area contributed by atoms with Crippen LogP contribution in [0.1, 0.15) is 55.5 Å². The van der Waals surface area contributed by atoms with Crippen LogP contribution in [0.3, 0.4) is 0 Å². The number of fused-ring (bicyclic) bond motifs is 1. The fraction of sp³-hybridized carbons (Fsp3) is 0.450. The van der Waals surface area contributed by atoms with Gasteiger partial charge in [0.2, 0.25) is 0 Å². The molecule has 0 radical (unpaired) electrons. The van der Waals surface area contributed by atoms with E-state index in [1.54, 1.807) is 6.07 Å². The summed E-state index contributed by atoms with van der Waals surface area (Å²) in [5, 5.41) is 11.3. The second kappa shape index (κ2) is 8.57. The molecule has 0 spiro atoms. The summed E-state index contributed by atoms with van der Waals surface area (Å²) in [5.41, 5.74) is 1.26. The van der Waals surface area contributed by atoms with E-state index in [1.165, 1.54) is 0 Å². The fourth-order valence-corrected chi connectivity index (χ4v) is 2.56. The SMILES string of the molecule is CCCCOc1cc(C(=O)O)c(OCCCC)c2ccc(C)cc12. The minimum atomic E-state index is -0.996. The van der Waals surface area contributed by atoms with Crippen molar-refractivity contribution in [1.82, 2.24) is 0 Å². The number of benzene rings is 2. The maximum absolute atomic E-state index is 11.7. The highest BCUT2D eigenvalue weighted by Crippen LogP contribution is 2.37. The summed E-state index contributed by atoms with van der Waals surface area (Å²) >= 11 is 0. The number of hydrogen-bond donors (Lipinski definition) is 1. The molecule has 2 rings (SSSR count). The molecule has 2 aromatic carbocycles. The van der Waals surface area contributed by atoms with Gasteiger partial charge in [-0.2, -0.15) is 0 Å². The third-order valence-corrected chi connectivity index (χ3v) is 3.94. The molecule has 0 unspecified atom stereocenters. The van der Waals surface area contributed by atoms with Gasteiger partial charge < -0.3 is 14.6 Å². The highest BCUT2D eigenvalue weighted by Gasteiger charge is 2.19. The first kappa shape index (κ1) is 18.1. The number of hydrogen-bond acceptors (Lipinski definition) is 3. The molecule has 130 valence electrons. The number of aromatic carboxylic acids is 1. The molecule has 4 nitrogen and oxygen atoms in total. The molecule has 0 amide bonds. The second-order valence-corrected chi connectivity index (χ2v) is 6.01. The van der Waals surface area contributed by atoms with E-state index in [2.05, 4.69) is 13.8 Å². The smallest absolute Gasteiger partial charge is 0.339 e. The molecule has 0 fully saturated rings. The Kier molecular flexibility index (Phi) is 6.47. The van der Waals surface area contributed by atoms with Crippen molar-refractivity contribution < 1.29 is 19.4 Å². The first-order valence-electron chi connectivity index (χ1n) is 8.64. The third kappa shape index (κ3) is 4.19. The zero-order valence-electron chi connectivity index (χ0n) is 14.7. The van der Waals surface area contributed by atoms with Gasteiger partial charge in [-0.05, 0) is 31.9 Å². The molecule has 0 aliphatic rings. The van der Waals surface area contributed by atoms with Gasteiger partial charge in [-0.1, -0.05) is 44.4 Å². The Morgan fingerprint density at radius 2 is 1.67 bits per heavy atom.